The lowest BCUT2D eigenvalue weighted by atomic mass is 9.95. The van der Waals surface area contributed by atoms with Crippen molar-refractivity contribution < 1.29 is 10.2 Å². The molecular weight excluding hydrogens is 178 g/mol. The maximum atomic E-state index is 9.69. The fourth-order valence-electron chi connectivity index (χ4n) is 2.08. The summed E-state index contributed by atoms with van der Waals surface area (Å²) in [5.41, 5.74) is 1.95. The highest BCUT2D eigenvalue weighted by atomic mass is 16.3. The molecule has 0 saturated carbocycles. The Bertz CT molecular complexity index is 336. The molecular formula is C11H15NO2. The van der Waals surface area contributed by atoms with Crippen LogP contribution in [0.25, 0.3) is 0 Å². The third kappa shape index (κ3) is 1.55. The van der Waals surface area contributed by atoms with Gasteiger partial charge in [-0.1, -0.05) is 6.07 Å². The molecule has 14 heavy (non-hydrogen) atoms. The Balaban J connectivity index is 2.29. The standard InChI is InChI=1S/C11H15NO2/c1-7(13)5-8-6-12-9-3-2-4-10(14)11(8)9/h2-4,7-8,12-14H,5-6H2,1H3. The second-order valence-electron chi connectivity index (χ2n) is 3.90. The molecule has 1 heterocycles. The minimum atomic E-state index is -0.327. The van der Waals surface area contributed by atoms with Crippen LogP contribution in [-0.2, 0) is 0 Å². The Morgan fingerprint density at radius 3 is 3.07 bits per heavy atom. The van der Waals surface area contributed by atoms with E-state index in [-0.39, 0.29) is 12.0 Å². The molecule has 2 atom stereocenters. The number of nitrogens with one attached hydrogen (secondary N) is 1. The topological polar surface area (TPSA) is 52.5 Å². The molecule has 1 aliphatic rings. The van der Waals surface area contributed by atoms with Crippen molar-refractivity contribution in [3.8, 4) is 5.75 Å². The summed E-state index contributed by atoms with van der Waals surface area (Å²) in [6.45, 7) is 2.58. The minimum absolute atomic E-state index is 0.228. The highest BCUT2D eigenvalue weighted by Crippen LogP contribution is 2.39. The van der Waals surface area contributed by atoms with Crippen molar-refractivity contribution in [2.75, 3.05) is 11.9 Å². The summed E-state index contributed by atoms with van der Waals surface area (Å²) in [6.07, 6.45) is 0.366. The third-order valence-corrected chi connectivity index (χ3v) is 2.66. The maximum absolute atomic E-state index is 9.69. The van der Waals surface area contributed by atoms with E-state index in [1.54, 1.807) is 13.0 Å². The van der Waals surface area contributed by atoms with Gasteiger partial charge in [0, 0.05) is 23.7 Å². The van der Waals surface area contributed by atoms with Crippen molar-refractivity contribution >= 4 is 5.69 Å². The van der Waals surface area contributed by atoms with E-state index in [0.717, 1.165) is 17.8 Å². The molecule has 0 fully saturated rings. The molecule has 0 saturated heterocycles. The van der Waals surface area contributed by atoms with E-state index in [0.29, 0.717) is 12.2 Å². The lowest BCUT2D eigenvalue weighted by Crippen LogP contribution is -2.10. The Kier molecular flexibility index (Phi) is 2.33. The van der Waals surface area contributed by atoms with Gasteiger partial charge in [0.25, 0.3) is 0 Å². The van der Waals surface area contributed by atoms with Crippen molar-refractivity contribution in [3.05, 3.63) is 23.8 Å². The van der Waals surface area contributed by atoms with Crippen molar-refractivity contribution in [1.82, 2.24) is 0 Å². The number of aliphatic hydroxyl groups excluding tert-OH is 1. The van der Waals surface area contributed by atoms with E-state index in [1.807, 2.05) is 12.1 Å². The molecule has 0 radical (unpaired) electrons. The monoisotopic (exact) mass is 193 g/mol. The Morgan fingerprint density at radius 2 is 2.36 bits per heavy atom. The van der Waals surface area contributed by atoms with Gasteiger partial charge >= 0.3 is 0 Å². The van der Waals surface area contributed by atoms with Gasteiger partial charge in [0.15, 0.2) is 0 Å². The molecule has 2 unspecified atom stereocenters. The van der Waals surface area contributed by atoms with Gasteiger partial charge in [-0.05, 0) is 25.5 Å². The van der Waals surface area contributed by atoms with Crippen LogP contribution in [-0.4, -0.2) is 22.9 Å². The van der Waals surface area contributed by atoms with E-state index in [2.05, 4.69) is 5.32 Å². The highest BCUT2D eigenvalue weighted by molar-refractivity contribution is 5.62. The molecule has 0 aromatic heterocycles. The van der Waals surface area contributed by atoms with E-state index in [1.165, 1.54) is 0 Å². The molecule has 1 aromatic rings. The van der Waals surface area contributed by atoms with Crippen LogP contribution in [0.3, 0.4) is 0 Å². The van der Waals surface area contributed by atoms with Gasteiger partial charge in [-0.3, -0.25) is 0 Å². The van der Waals surface area contributed by atoms with Crippen LogP contribution < -0.4 is 5.32 Å². The smallest absolute Gasteiger partial charge is 0.121 e. The fraction of sp³-hybridized carbons (Fsp3) is 0.455. The molecule has 0 bridgehead atoms. The van der Waals surface area contributed by atoms with E-state index < -0.39 is 0 Å². The van der Waals surface area contributed by atoms with E-state index in [4.69, 9.17) is 0 Å². The van der Waals surface area contributed by atoms with Crippen LogP contribution >= 0.6 is 0 Å². The first-order valence-electron chi connectivity index (χ1n) is 4.92. The molecule has 0 spiro atoms. The molecule has 1 aromatic carbocycles. The average molecular weight is 193 g/mol. The second kappa shape index (κ2) is 3.50. The summed E-state index contributed by atoms with van der Waals surface area (Å²) < 4.78 is 0. The van der Waals surface area contributed by atoms with Crippen LogP contribution in [0.1, 0.15) is 24.8 Å². The van der Waals surface area contributed by atoms with Crippen LogP contribution in [0.5, 0.6) is 5.75 Å². The minimum Gasteiger partial charge on any atom is -0.508 e. The largest absolute Gasteiger partial charge is 0.508 e. The number of hydrogen-bond acceptors (Lipinski definition) is 3. The van der Waals surface area contributed by atoms with Crippen molar-refractivity contribution in [3.63, 3.8) is 0 Å². The number of fused-ring (bicyclic) bond motifs is 1. The number of benzene rings is 1. The Hall–Kier alpha value is -1.22. The highest BCUT2D eigenvalue weighted by Gasteiger charge is 2.25. The molecule has 1 aliphatic heterocycles. The van der Waals surface area contributed by atoms with Gasteiger partial charge in [-0.15, -0.1) is 0 Å². The quantitative estimate of drug-likeness (QED) is 0.669. The Morgan fingerprint density at radius 1 is 1.57 bits per heavy atom. The molecule has 3 heteroatoms. The number of phenols is 1. The number of phenolic OH excluding ortho intramolecular Hbond substituents is 1. The third-order valence-electron chi connectivity index (χ3n) is 2.66. The zero-order valence-electron chi connectivity index (χ0n) is 8.20. The summed E-state index contributed by atoms with van der Waals surface area (Å²) in [6, 6.07) is 5.48. The fourth-order valence-corrected chi connectivity index (χ4v) is 2.08. The number of aliphatic hydroxyl groups is 1. The molecule has 3 nitrogen and oxygen atoms in total. The van der Waals surface area contributed by atoms with Crippen LogP contribution in [0.4, 0.5) is 5.69 Å². The van der Waals surface area contributed by atoms with Crippen molar-refractivity contribution in [2.24, 2.45) is 0 Å². The SMILES string of the molecule is CC(O)CC1CNc2cccc(O)c21. The van der Waals surface area contributed by atoms with Gasteiger partial charge < -0.3 is 15.5 Å². The summed E-state index contributed by atoms with van der Waals surface area (Å²) in [7, 11) is 0. The van der Waals surface area contributed by atoms with E-state index in [9.17, 15) is 10.2 Å². The first-order valence-corrected chi connectivity index (χ1v) is 4.92. The number of rotatable bonds is 2. The normalized spacial score (nSPS) is 21.4. The molecule has 0 amide bonds. The summed E-state index contributed by atoms with van der Waals surface area (Å²) >= 11 is 0. The Labute approximate surface area is 83.4 Å². The van der Waals surface area contributed by atoms with Crippen LogP contribution in [0.2, 0.25) is 0 Å². The lowest BCUT2D eigenvalue weighted by molar-refractivity contribution is 0.176. The van der Waals surface area contributed by atoms with Crippen molar-refractivity contribution in [1.29, 1.82) is 0 Å². The first-order chi connectivity index (χ1) is 6.68. The van der Waals surface area contributed by atoms with Gasteiger partial charge in [0.05, 0.1) is 6.10 Å². The summed E-state index contributed by atoms with van der Waals surface area (Å²) in [5, 5.41) is 22.2. The van der Waals surface area contributed by atoms with Crippen molar-refractivity contribution in [2.45, 2.75) is 25.4 Å². The van der Waals surface area contributed by atoms with E-state index >= 15 is 0 Å². The zero-order valence-corrected chi connectivity index (χ0v) is 8.20. The van der Waals surface area contributed by atoms with Crippen LogP contribution in [0, 0.1) is 0 Å². The second-order valence-corrected chi connectivity index (χ2v) is 3.90. The lowest BCUT2D eigenvalue weighted by Gasteiger charge is -2.12. The summed E-state index contributed by atoms with van der Waals surface area (Å²) in [4.78, 5) is 0. The summed E-state index contributed by atoms with van der Waals surface area (Å²) in [5.74, 6) is 0.560. The number of hydrogen-bond donors (Lipinski definition) is 3. The molecule has 0 aliphatic carbocycles. The molecule has 76 valence electrons. The average Bonchev–Trinajstić information content (AvgIpc) is 2.49. The van der Waals surface area contributed by atoms with Gasteiger partial charge in [-0.25, -0.2) is 0 Å². The molecule has 2 rings (SSSR count). The molecule has 3 N–H and O–H groups in total. The van der Waals surface area contributed by atoms with Gasteiger partial charge in [-0.2, -0.15) is 0 Å². The predicted octanol–water partition coefficient (Wildman–Crippen LogP) is 1.67. The van der Waals surface area contributed by atoms with Gasteiger partial charge in [0.2, 0.25) is 0 Å². The number of anilines is 1. The van der Waals surface area contributed by atoms with Gasteiger partial charge in [0.1, 0.15) is 5.75 Å². The zero-order chi connectivity index (χ0) is 10.1. The van der Waals surface area contributed by atoms with Crippen LogP contribution in [0.15, 0.2) is 18.2 Å². The number of aromatic hydroxyl groups is 1. The maximum Gasteiger partial charge on any atom is 0.121 e. The first kappa shape index (κ1) is 9.34. The predicted molar refractivity (Wildman–Crippen MR) is 55.6 cm³/mol.